The molecule has 2 rings (SSSR count). The smallest absolute Gasteiger partial charge is 0.298 e. The number of nitrogens with two attached hydrogens (primary N) is 1. The van der Waals surface area contributed by atoms with Crippen molar-refractivity contribution in [2.75, 3.05) is 5.84 Å². The lowest BCUT2D eigenvalue weighted by molar-refractivity contribution is 0.0856. The summed E-state index contributed by atoms with van der Waals surface area (Å²) < 4.78 is 0.848. The molecule has 1 aromatic rings. The van der Waals surface area contributed by atoms with Crippen LogP contribution in [-0.4, -0.2) is 37.3 Å². The Morgan fingerprint density at radius 3 is 2.82 bits per heavy atom. The molecule has 1 aromatic heterocycles. The summed E-state index contributed by atoms with van der Waals surface area (Å²) in [4.78, 5) is 11.8. The molecule has 0 fully saturated rings. The average Bonchev–Trinajstić information content (AvgIpc) is 2.31. The van der Waals surface area contributed by atoms with Gasteiger partial charge in [0.05, 0.1) is 0 Å². The quantitative estimate of drug-likeness (QED) is 0.502. The van der Waals surface area contributed by atoms with Gasteiger partial charge in [0, 0.05) is 5.57 Å². The molecular weight excluding hydrogens is 224 g/mol. The zero-order valence-electron chi connectivity index (χ0n) is 9.11. The van der Waals surface area contributed by atoms with E-state index in [1.54, 1.807) is 6.92 Å². The third kappa shape index (κ3) is 1.85. The van der Waals surface area contributed by atoms with Crippen LogP contribution in [0.3, 0.4) is 0 Å². The predicted molar refractivity (Wildman–Crippen MR) is 60.3 cm³/mol. The fraction of sp³-hybridized carbons (Fsp3) is 0.300. The Labute approximate surface area is 96.5 Å². The SMILES string of the molecule is Cc1nnc(C2=CC=CC(O)C2O)c(=O)n1N. The van der Waals surface area contributed by atoms with Crippen LogP contribution >= 0.6 is 0 Å². The normalized spacial score (nSPS) is 23.6. The molecule has 2 atom stereocenters. The van der Waals surface area contributed by atoms with Gasteiger partial charge in [0.2, 0.25) is 0 Å². The van der Waals surface area contributed by atoms with E-state index in [1.807, 2.05) is 0 Å². The minimum atomic E-state index is -1.20. The number of aliphatic hydroxyl groups excluding tert-OH is 2. The summed E-state index contributed by atoms with van der Waals surface area (Å²) in [5.74, 6) is 5.75. The number of nitrogens with zero attached hydrogens (tertiary/aromatic N) is 3. The zero-order chi connectivity index (χ0) is 12.6. The standard InChI is InChI=1S/C10H12N4O3/c1-5-12-13-8(10(17)14(5)11)6-3-2-4-7(15)9(6)16/h2-4,7,9,15-16H,11H2,1H3. The van der Waals surface area contributed by atoms with Crippen LogP contribution < -0.4 is 11.4 Å². The Bertz CT molecular complexity index is 561. The highest BCUT2D eigenvalue weighted by atomic mass is 16.3. The van der Waals surface area contributed by atoms with E-state index in [-0.39, 0.29) is 17.1 Å². The molecule has 0 aromatic carbocycles. The molecule has 17 heavy (non-hydrogen) atoms. The highest BCUT2D eigenvalue weighted by Gasteiger charge is 2.25. The summed E-state index contributed by atoms with van der Waals surface area (Å²) in [7, 11) is 0. The molecule has 1 heterocycles. The molecule has 90 valence electrons. The van der Waals surface area contributed by atoms with Crippen LogP contribution in [0.25, 0.3) is 5.57 Å². The van der Waals surface area contributed by atoms with Gasteiger partial charge < -0.3 is 16.1 Å². The van der Waals surface area contributed by atoms with Crippen LogP contribution in [0.1, 0.15) is 11.5 Å². The zero-order valence-corrected chi connectivity index (χ0v) is 9.11. The van der Waals surface area contributed by atoms with E-state index in [9.17, 15) is 15.0 Å². The minimum Gasteiger partial charge on any atom is -0.386 e. The van der Waals surface area contributed by atoms with Crippen molar-refractivity contribution in [1.82, 2.24) is 14.9 Å². The van der Waals surface area contributed by atoms with E-state index in [4.69, 9.17) is 5.84 Å². The third-order valence-corrected chi connectivity index (χ3v) is 2.56. The predicted octanol–water partition coefficient (Wildman–Crippen LogP) is -1.66. The first-order chi connectivity index (χ1) is 8.02. The molecule has 7 nitrogen and oxygen atoms in total. The van der Waals surface area contributed by atoms with E-state index >= 15 is 0 Å². The molecule has 0 saturated heterocycles. The second-order valence-corrected chi connectivity index (χ2v) is 3.71. The van der Waals surface area contributed by atoms with Crippen molar-refractivity contribution >= 4 is 5.57 Å². The van der Waals surface area contributed by atoms with E-state index < -0.39 is 17.8 Å². The number of hydrogen-bond acceptors (Lipinski definition) is 6. The first-order valence-corrected chi connectivity index (χ1v) is 4.98. The number of nitrogen functional groups attached to an aromatic ring is 1. The highest BCUT2D eigenvalue weighted by Crippen LogP contribution is 2.20. The number of allylic oxidation sites excluding steroid dienone is 2. The largest absolute Gasteiger partial charge is 0.386 e. The van der Waals surface area contributed by atoms with Gasteiger partial charge in [-0.05, 0) is 6.92 Å². The monoisotopic (exact) mass is 236 g/mol. The summed E-state index contributed by atoms with van der Waals surface area (Å²) in [5, 5.41) is 26.6. The Hall–Kier alpha value is -1.99. The van der Waals surface area contributed by atoms with Crippen LogP contribution in [0, 0.1) is 6.92 Å². The molecule has 0 aliphatic heterocycles. The van der Waals surface area contributed by atoms with Gasteiger partial charge in [-0.15, -0.1) is 10.2 Å². The van der Waals surface area contributed by atoms with Crippen molar-refractivity contribution in [3.8, 4) is 0 Å². The van der Waals surface area contributed by atoms with Crippen molar-refractivity contribution in [3.05, 3.63) is 40.1 Å². The first kappa shape index (κ1) is 11.5. The van der Waals surface area contributed by atoms with Crippen molar-refractivity contribution in [2.24, 2.45) is 0 Å². The molecule has 1 aliphatic rings. The van der Waals surface area contributed by atoms with Gasteiger partial charge in [-0.2, -0.15) is 0 Å². The fourth-order valence-corrected chi connectivity index (χ4v) is 1.54. The maximum absolute atomic E-state index is 11.8. The maximum atomic E-state index is 11.8. The third-order valence-electron chi connectivity index (χ3n) is 2.56. The van der Waals surface area contributed by atoms with Gasteiger partial charge in [0.25, 0.3) is 5.56 Å². The van der Waals surface area contributed by atoms with E-state index in [0.29, 0.717) is 0 Å². The lowest BCUT2D eigenvalue weighted by atomic mass is 9.97. The Kier molecular flexibility index (Phi) is 2.78. The number of aliphatic hydroxyl groups is 2. The maximum Gasteiger partial charge on any atom is 0.298 e. The van der Waals surface area contributed by atoms with E-state index in [2.05, 4.69) is 10.2 Å². The summed E-state index contributed by atoms with van der Waals surface area (Å²) >= 11 is 0. The Morgan fingerprint density at radius 1 is 1.41 bits per heavy atom. The lowest BCUT2D eigenvalue weighted by Crippen LogP contribution is -2.37. The van der Waals surface area contributed by atoms with Gasteiger partial charge in [0.1, 0.15) is 12.2 Å². The highest BCUT2D eigenvalue weighted by molar-refractivity contribution is 5.69. The second kappa shape index (κ2) is 4.11. The number of rotatable bonds is 1. The van der Waals surface area contributed by atoms with Crippen LogP contribution in [-0.2, 0) is 0 Å². The molecule has 1 aliphatic carbocycles. The van der Waals surface area contributed by atoms with Gasteiger partial charge in [-0.1, -0.05) is 18.2 Å². The molecule has 7 heteroatoms. The van der Waals surface area contributed by atoms with Crippen molar-refractivity contribution in [2.45, 2.75) is 19.1 Å². The van der Waals surface area contributed by atoms with Gasteiger partial charge >= 0.3 is 0 Å². The molecule has 0 spiro atoms. The summed E-state index contributed by atoms with van der Waals surface area (Å²) in [5.41, 5.74) is -0.420. The molecule has 4 N–H and O–H groups in total. The van der Waals surface area contributed by atoms with E-state index in [0.717, 1.165) is 4.68 Å². The topological polar surface area (TPSA) is 114 Å². The summed E-state index contributed by atoms with van der Waals surface area (Å²) in [6, 6.07) is 0. The van der Waals surface area contributed by atoms with Gasteiger partial charge in [-0.3, -0.25) is 4.79 Å². The lowest BCUT2D eigenvalue weighted by Gasteiger charge is -2.20. The average molecular weight is 236 g/mol. The molecule has 2 unspecified atom stereocenters. The number of aryl methyl sites for hydroxylation is 1. The molecule has 0 bridgehead atoms. The summed E-state index contributed by atoms with van der Waals surface area (Å²) in [6.07, 6.45) is 2.18. The first-order valence-electron chi connectivity index (χ1n) is 4.98. The molecule has 0 saturated carbocycles. The van der Waals surface area contributed by atoms with Crippen LogP contribution in [0.4, 0.5) is 0 Å². The van der Waals surface area contributed by atoms with Gasteiger partial charge in [-0.25, -0.2) is 4.68 Å². The molecule has 0 radical (unpaired) electrons. The molecular formula is C10H12N4O3. The summed E-state index contributed by atoms with van der Waals surface area (Å²) in [6.45, 7) is 1.54. The van der Waals surface area contributed by atoms with Crippen LogP contribution in [0.15, 0.2) is 23.0 Å². The second-order valence-electron chi connectivity index (χ2n) is 3.71. The Balaban J connectivity index is 2.56. The van der Waals surface area contributed by atoms with Gasteiger partial charge in [0.15, 0.2) is 11.5 Å². The van der Waals surface area contributed by atoms with Crippen molar-refractivity contribution in [3.63, 3.8) is 0 Å². The van der Waals surface area contributed by atoms with Crippen LogP contribution in [0.5, 0.6) is 0 Å². The fourth-order valence-electron chi connectivity index (χ4n) is 1.54. The van der Waals surface area contributed by atoms with E-state index in [1.165, 1.54) is 18.2 Å². The minimum absolute atomic E-state index is 0.0611. The Morgan fingerprint density at radius 2 is 2.12 bits per heavy atom. The number of aromatic nitrogens is 3. The van der Waals surface area contributed by atoms with Crippen molar-refractivity contribution < 1.29 is 10.2 Å². The molecule has 0 amide bonds. The van der Waals surface area contributed by atoms with Crippen molar-refractivity contribution in [1.29, 1.82) is 0 Å². The number of hydrogen-bond donors (Lipinski definition) is 3. The van der Waals surface area contributed by atoms with Crippen LogP contribution in [0.2, 0.25) is 0 Å².